The summed E-state index contributed by atoms with van der Waals surface area (Å²) in [6.45, 7) is 4.54. The van der Waals surface area contributed by atoms with Gasteiger partial charge in [0.05, 0.1) is 6.42 Å². The molecule has 0 radical (unpaired) electrons. The first-order valence-corrected chi connectivity index (χ1v) is 9.03. The zero-order valence-electron chi connectivity index (χ0n) is 14.0. The summed E-state index contributed by atoms with van der Waals surface area (Å²) in [5.41, 5.74) is 2.05. The zero-order chi connectivity index (χ0) is 17.1. The van der Waals surface area contributed by atoms with Gasteiger partial charge in [0, 0.05) is 11.4 Å². The van der Waals surface area contributed by atoms with E-state index in [1.807, 2.05) is 49.6 Å². The minimum Gasteiger partial charge on any atom is -0.425 e. The van der Waals surface area contributed by atoms with E-state index < -0.39 is 6.04 Å². The van der Waals surface area contributed by atoms with Crippen LogP contribution in [0, 0.1) is 13.8 Å². The molecule has 5 heteroatoms. The van der Waals surface area contributed by atoms with Crippen molar-refractivity contribution in [3.63, 3.8) is 0 Å². The van der Waals surface area contributed by atoms with Crippen LogP contribution >= 0.6 is 11.3 Å². The fraction of sp³-hybridized carbons (Fsp3) is 0.368. The summed E-state index contributed by atoms with van der Waals surface area (Å²) in [4.78, 5) is 27.8. The van der Waals surface area contributed by atoms with Crippen molar-refractivity contribution in [2.75, 3.05) is 6.54 Å². The molecule has 1 unspecified atom stereocenters. The van der Waals surface area contributed by atoms with E-state index in [2.05, 4.69) is 0 Å². The SMILES string of the molecule is Cc1ccc(OC(=O)C2CCCN2C(=O)Cc2cccs2)c(C)c1. The van der Waals surface area contributed by atoms with Crippen LogP contribution in [0.25, 0.3) is 0 Å². The molecule has 1 aliphatic rings. The summed E-state index contributed by atoms with van der Waals surface area (Å²) in [5, 5.41) is 1.96. The fourth-order valence-electron chi connectivity index (χ4n) is 3.06. The number of nitrogens with zero attached hydrogens (tertiary/aromatic N) is 1. The van der Waals surface area contributed by atoms with Gasteiger partial charge < -0.3 is 9.64 Å². The van der Waals surface area contributed by atoms with Gasteiger partial charge >= 0.3 is 5.97 Å². The molecule has 3 rings (SSSR count). The van der Waals surface area contributed by atoms with E-state index in [0.717, 1.165) is 22.4 Å². The van der Waals surface area contributed by atoms with Gasteiger partial charge in [-0.05, 0) is 49.8 Å². The van der Waals surface area contributed by atoms with Crippen LogP contribution in [0.5, 0.6) is 5.75 Å². The van der Waals surface area contributed by atoms with Crippen molar-refractivity contribution < 1.29 is 14.3 Å². The van der Waals surface area contributed by atoms with Crippen LogP contribution in [0.2, 0.25) is 0 Å². The molecule has 24 heavy (non-hydrogen) atoms. The van der Waals surface area contributed by atoms with Gasteiger partial charge in [0.15, 0.2) is 0 Å². The molecule has 1 aliphatic heterocycles. The topological polar surface area (TPSA) is 46.6 Å². The van der Waals surface area contributed by atoms with Gasteiger partial charge in [0.1, 0.15) is 11.8 Å². The predicted octanol–water partition coefficient (Wildman–Crippen LogP) is 3.50. The lowest BCUT2D eigenvalue weighted by molar-refractivity contribution is -0.145. The van der Waals surface area contributed by atoms with E-state index in [-0.39, 0.29) is 11.9 Å². The minimum absolute atomic E-state index is 0.00229. The van der Waals surface area contributed by atoms with Gasteiger partial charge in [-0.1, -0.05) is 23.8 Å². The molecule has 0 aliphatic carbocycles. The Kier molecular flexibility index (Phi) is 5.00. The molecule has 1 saturated heterocycles. The Morgan fingerprint density at radius 1 is 1.29 bits per heavy atom. The lowest BCUT2D eigenvalue weighted by Gasteiger charge is -2.23. The van der Waals surface area contributed by atoms with Crippen LogP contribution in [0.1, 0.15) is 28.8 Å². The summed E-state index contributed by atoms with van der Waals surface area (Å²) >= 11 is 1.56. The van der Waals surface area contributed by atoms with Crippen LogP contribution in [-0.4, -0.2) is 29.4 Å². The lowest BCUT2D eigenvalue weighted by atomic mass is 10.1. The van der Waals surface area contributed by atoms with Gasteiger partial charge in [0.2, 0.25) is 5.91 Å². The third-order valence-corrected chi connectivity index (χ3v) is 5.17. The lowest BCUT2D eigenvalue weighted by Crippen LogP contribution is -2.43. The van der Waals surface area contributed by atoms with E-state index >= 15 is 0 Å². The molecule has 1 aromatic heterocycles. The van der Waals surface area contributed by atoms with Crippen molar-refractivity contribution in [3.8, 4) is 5.75 Å². The van der Waals surface area contributed by atoms with E-state index in [1.54, 1.807) is 16.2 Å². The standard InChI is InChI=1S/C19H21NO3S/c1-13-7-8-17(14(2)11-13)23-19(22)16-6-3-9-20(16)18(21)12-15-5-4-10-24-15/h4-5,7-8,10-11,16H,3,6,9,12H2,1-2H3. The number of thiophene rings is 1. The molecule has 2 aromatic rings. The Bertz CT molecular complexity index is 739. The molecule has 0 spiro atoms. The molecule has 2 heterocycles. The van der Waals surface area contributed by atoms with E-state index in [9.17, 15) is 9.59 Å². The number of ether oxygens (including phenoxy) is 1. The molecular weight excluding hydrogens is 322 g/mol. The molecule has 0 N–H and O–H groups in total. The maximum absolute atomic E-state index is 12.6. The van der Waals surface area contributed by atoms with Crippen LogP contribution in [0.4, 0.5) is 0 Å². The number of esters is 1. The number of carbonyl (C=O) groups excluding carboxylic acids is 2. The Labute approximate surface area is 146 Å². The van der Waals surface area contributed by atoms with Crippen molar-refractivity contribution in [1.29, 1.82) is 0 Å². The minimum atomic E-state index is -0.474. The summed E-state index contributed by atoms with van der Waals surface area (Å²) in [6.07, 6.45) is 1.85. The molecule has 1 amide bonds. The Balaban J connectivity index is 1.68. The molecule has 1 fully saturated rings. The zero-order valence-corrected chi connectivity index (χ0v) is 14.8. The Morgan fingerprint density at radius 2 is 2.12 bits per heavy atom. The Morgan fingerprint density at radius 3 is 2.83 bits per heavy atom. The third kappa shape index (κ3) is 3.67. The number of aryl methyl sites for hydroxylation is 2. The predicted molar refractivity (Wildman–Crippen MR) is 94.3 cm³/mol. The monoisotopic (exact) mass is 343 g/mol. The average molecular weight is 343 g/mol. The Hall–Kier alpha value is -2.14. The molecule has 0 bridgehead atoms. The second-order valence-corrected chi connectivity index (χ2v) is 7.22. The highest BCUT2D eigenvalue weighted by molar-refractivity contribution is 7.10. The van der Waals surface area contributed by atoms with E-state index in [0.29, 0.717) is 25.1 Å². The van der Waals surface area contributed by atoms with Crippen LogP contribution in [0.15, 0.2) is 35.7 Å². The summed E-state index contributed by atoms with van der Waals surface area (Å²) in [7, 11) is 0. The van der Waals surface area contributed by atoms with Crippen molar-refractivity contribution in [3.05, 3.63) is 51.7 Å². The molecule has 1 atom stereocenters. The van der Waals surface area contributed by atoms with Crippen LogP contribution in [-0.2, 0) is 16.0 Å². The van der Waals surface area contributed by atoms with Gasteiger partial charge in [-0.15, -0.1) is 11.3 Å². The average Bonchev–Trinajstić information content (AvgIpc) is 3.20. The van der Waals surface area contributed by atoms with Crippen molar-refractivity contribution in [1.82, 2.24) is 4.90 Å². The summed E-state index contributed by atoms with van der Waals surface area (Å²) in [6, 6.07) is 9.12. The van der Waals surface area contributed by atoms with Gasteiger partial charge in [-0.3, -0.25) is 4.79 Å². The first-order valence-electron chi connectivity index (χ1n) is 8.15. The molecule has 4 nitrogen and oxygen atoms in total. The first kappa shape index (κ1) is 16.7. The summed E-state index contributed by atoms with van der Waals surface area (Å²) < 4.78 is 5.57. The maximum atomic E-state index is 12.6. The van der Waals surface area contributed by atoms with Crippen molar-refractivity contribution in [2.45, 2.75) is 39.2 Å². The van der Waals surface area contributed by atoms with Gasteiger partial charge in [0.25, 0.3) is 0 Å². The number of carbonyl (C=O) groups is 2. The second-order valence-electron chi connectivity index (χ2n) is 6.19. The molecular formula is C19H21NO3S. The fourth-order valence-corrected chi connectivity index (χ4v) is 3.76. The molecule has 0 saturated carbocycles. The molecule has 126 valence electrons. The summed E-state index contributed by atoms with van der Waals surface area (Å²) in [5.74, 6) is 0.236. The normalized spacial score (nSPS) is 17.1. The quantitative estimate of drug-likeness (QED) is 0.630. The van der Waals surface area contributed by atoms with Crippen LogP contribution < -0.4 is 4.74 Å². The van der Waals surface area contributed by atoms with E-state index in [1.165, 1.54) is 0 Å². The van der Waals surface area contributed by atoms with Crippen molar-refractivity contribution in [2.24, 2.45) is 0 Å². The number of benzene rings is 1. The van der Waals surface area contributed by atoms with Crippen LogP contribution in [0.3, 0.4) is 0 Å². The number of likely N-dealkylation sites (tertiary alicyclic amines) is 1. The van der Waals surface area contributed by atoms with Gasteiger partial charge in [-0.2, -0.15) is 0 Å². The highest BCUT2D eigenvalue weighted by Gasteiger charge is 2.35. The number of rotatable bonds is 4. The maximum Gasteiger partial charge on any atom is 0.334 e. The molecule has 1 aromatic carbocycles. The van der Waals surface area contributed by atoms with E-state index in [4.69, 9.17) is 4.74 Å². The second kappa shape index (κ2) is 7.18. The van der Waals surface area contributed by atoms with Gasteiger partial charge in [-0.25, -0.2) is 4.79 Å². The number of amides is 1. The highest BCUT2D eigenvalue weighted by Crippen LogP contribution is 2.24. The first-order chi connectivity index (χ1) is 11.5. The smallest absolute Gasteiger partial charge is 0.334 e. The third-order valence-electron chi connectivity index (χ3n) is 4.29. The largest absolute Gasteiger partial charge is 0.425 e. The number of hydrogen-bond donors (Lipinski definition) is 0. The van der Waals surface area contributed by atoms with Crippen molar-refractivity contribution >= 4 is 23.2 Å². The number of hydrogen-bond acceptors (Lipinski definition) is 4. The highest BCUT2D eigenvalue weighted by atomic mass is 32.1.